The molecule has 1 atom stereocenters. The molecule has 3 rings (SSSR count). The highest BCUT2D eigenvalue weighted by molar-refractivity contribution is 5.92. The van der Waals surface area contributed by atoms with Crippen molar-refractivity contribution in [2.45, 2.75) is 57.7 Å². The minimum atomic E-state index is -0.301. The van der Waals surface area contributed by atoms with Crippen molar-refractivity contribution in [2.24, 2.45) is 5.73 Å². The monoisotopic (exact) mass is 318 g/mol. The zero-order chi connectivity index (χ0) is 16.4. The van der Waals surface area contributed by atoms with Crippen LogP contribution in [0.25, 0.3) is 0 Å². The molecule has 0 radical (unpaired) electrons. The molecule has 9 nitrogen and oxygen atoms in total. The molecule has 0 spiro atoms. The fraction of sp³-hybridized carbons (Fsp3) is 0.643. The second-order valence-corrected chi connectivity index (χ2v) is 6.13. The number of nitrogens with zero attached hydrogens (tertiary/aromatic N) is 5. The average molecular weight is 318 g/mol. The van der Waals surface area contributed by atoms with Crippen molar-refractivity contribution in [3.8, 4) is 0 Å². The molecule has 9 heteroatoms. The molecule has 1 aliphatic rings. The van der Waals surface area contributed by atoms with Gasteiger partial charge in [0.25, 0.3) is 5.91 Å². The van der Waals surface area contributed by atoms with Gasteiger partial charge in [0.15, 0.2) is 11.5 Å². The molecule has 1 amide bonds. The molecule has 1 saturated carbocycles. The molecule has 2 heterocycles. The molecule has 1 fully saturated rings. The zero-order valence-corrected chi connectivity index (χ0v) is 13.4. The van der Waals surface area contributed by atoms with Gasteiger partial charge in [-0.25, -0.2) is 9.67 Å². The topological polar surface area (TPSA) is 127 Å². The first-order valence-corrected chi connectivity index (χ1v) is 7.90. The number of hydrogen-bond acceptors (Lipinski definition) is 6. The van der Waals surface area contributed by atoms with Crippen molar-refractivity contribution in [3.63, 3.8) is 0 Å². The summed E-state index contributed by atoms with van der Waals surface area (Å²) < 4.78 is 1.78. The van der Waals surface area contributed by atoms with Crippen molar-refractivity contribution in [3.05, 3.63) is 23.5 Å². The minimum Gasteiger partial charge on any atom is -0.341 e. The maximum atomic E-state index is 12.3. The number of carbonyl (C=O) groups excluding carboxylic acids is 1. The Bertz CT molecular complexity index is 670. The first-order valence-electron chi connectivity index (χ1n) is 7.90. The van der Waals surface area contributed by atoms with E-state index in [1.807, 2.05) is 13.8 Å². The van der Waals surface area contributed by atoms with Gasteiger partial charge in [0, 0.05) is 6.04 Å². The number of rotatable bonds is 4. The second kappa shape index (κ2) is 6.45. The van der Waals surface area contributed by atoms with E-state index in [0.717, 1.165) is 25.7 Å². The Kier molecular flexibility index (Phi) is 4.37. The van der Waals surface area contributed by atoms with Crippen molar-refractivity contribution in [2.75, 3.05) is 0 Å². The first kappa shape index (κ1) is 15.6. The lowest BCUT2D eigenvalue weighted by molar-refractivity contribution is 0.0933. The Morgan fingerprint density at radius 1 is 1.43 bits per heavy atom. The van der Waals surface area contributed by atoms with Crippen LogP contribution in [0.15, 0.2) is 6.20 Å². The predicted octanol–water partition coefficient (Wildman–Crippen LogP) is 0.638. The van der Waals surface area contributed by atoms with Crippen molar-refractivity contribution < 1.29 is 4.79 Å². The minimum absolute atomic E-state index is 0.275. The number of amides is 1. The molecule has 0 unspecified atom stereocenters. The number of aromatic nitrogens is 6. The van der Waals surface area contributed by atoms with E-state index in [1.165, 1.54) is 0 Å². The van der Waals surface area contributed by atoms with Crippen LogP contribution in [0.3, 0.4) is 0 Å². The number of aryl methyl sites for hydroxylation is 1. The summed E-state index contributed by atoms with van der Waals surface area (Å²) in [5.74, 6) is 0.978. The molecule has 0 saturated heterocycles. The van der Waals surface area contributed by atoms with E-state index in [-0.39, 0.29) is 24.0 Å². The predicted molar refractivity (Wildman–Crippen MR) is 82.5 cm³/mol. The third-order valence-corrected chi connectivity index (χ3v) is 4.21. The summed E-state index contributed by atoms with van der Waals surface area (Å²) in [5, 5.41) is 17.7. The zero-order valence-electron chi connectivity index (χ0n) is 13.4. The lowest BCUT2D eigenvalue weighted by Gasteiger charge is -2.25. The number of carbonyl (C=O) groups is 1. The lowest BCUT2D eigenvalue weighted by Crippen LogP contribution is -2.28. The van der Waals surface area contributed by atoms with E-state index in [4.69, 9.17) is 5.73 Å². The van der Waals surface area contributed by atoms with E-state index in [0.29, 0.717) is 17.3 Å². The van der Waals surface area contributed by atoms with Crippen LogP contribution in [0, 0.1) is 6.92 Å². The molecule has 124 valence electrons. The van der Waals surface area contributed by atoms with Gasteiger partial charge in [0.2, 0.25) is 0 Å². The summed E-state index contributed by atoms with van der Waals surface area (Å²) in [5.41, 5.74) is 6.22. The lowest BCUT2D eigenvalue weighted by atomic mass is 9.92. The molecule has 23 heavy (non-hydrogen) atoms. The highest BCUT2D eigenvalue weighted by Gasteiger charge is 2.23. The summed E-state index contributed by atoms with van der Waals surface area (Å²) >= 11 is 0. The quantitative estimate of drug-likeness (QED) is 0.759. The van der Waals surface area contributed by atoms with Crippen LogP contribution in [0.5, 0.6) is 0 Å². The van der Waals surface area contributed by atoms with Crippen LogP contribution >= 0.6 is 0 Å². The van der Waals surface area contributed by atoms with E-state index in [2.05, 4.69) is 30.8 Å². The largest absolute Gasteiger partial charge is 0.341 e. The van der Waals surface area contributed by atoms with Crippen molar-refractivity contribution in [1.82, 2.24) is 35.5 Å². The molecule has 2 aromatic heterocycles. The maximum Gasteiger partial charge on any atom is 0.274 e. The second-order valence-electron chi connectivity index (χ2n) is 6.13. The summed E-state index contributed by atoms with van der Waals surface area (Å²) in [6.45, 7) is 3.64. The Labute approximate surface area is 134 Å². The van der Waals surface area contributed by atoms with Crippen molar-refractivity contribution >= 4 is 5.91 Å². The fourth-order valence-corrected chi connectivity index (χ4v) is 2.81. The third kappa shape index (κ3) is 3.55. The molecular formula is C14H22N8O. The van der Waals surface area contributed by atoms with Gasteiger partial charge in [-0.05, 0) is 39.5 Å². The Hall–Kier alpha value is -2.29. The van der Waals surface area contributed by atoms with Gasteiger partial charge in [0.05, 0.1) is 18.3 Å². The molecule has 0 bridgehead atoms. The molecule has 1 aliphatic carbocycles. The van der Waals surface area contributed by atoms with Gasteiger partial charge >= 0.3 is 0 Å². The van der Waals surface area contributed by atoms with Gasteiger partial charge in [-0.2, -0.15) is 5.10 Å². The molecular weight excluding hydrogens is 296 g/mol. The Morgan fingerprint density at radius 3 is 2.83 bits per heavy atom. The molecule has 2 aromatic rings. The standard InChI is InChI=1S/C14H22N8O/c1-8(13-17-9(2)18-20-13)16-14(23)12-7-22(21-19-12)11-5-3-10(15)4-6-11/h7-8,10-11H,3-6,15H2,1-2H3,(H,16,23)(H,17,18,20)/t8-,10?,11?/m0/s1. The highest BCUT2D eigenvalue weighted by atomic mass is 16.2. The maximum absolute atomic E-state index is 12.3. The summed E-state index contributed by atoms with van der Waals surface area (Å²) in [7, 11) is 0. The van der Waals surface area contributed by atoms with Crippen LogP contribution in [0.2, 0.25) is 0 Å². The van der Waals surface area contributed by atoms with Gasteiger partial charge in [0.1, 0.15) is 5.82 Å². The number of hydrogen-bond donors (Lipinski definition) is 3. The highest BCUT2D eigenvalue weighted by Crippen LogP contribution is 2.26. The normalized spacial score (nSPS) is 22.7. The molecule has 4 N–H and O–H groups in total. The number of H-pyrrole nitrogens is 1. The smallest absolute Gasteiger partial charge is 0.274 e. The SMILES string of the molecule is Cc1nc([C@H](C)NC(=O)c2cn(C3CCC(N)CC3)nn2)n[nH]1. The number of nitrogens with two attached hydrogens (primary N) is 1. The van der Waals surface area contributed by atoms with Crippen LogP contribution in [-0.4, -0.2) is 42.1 Å². The van der Waals surface area contributed by atoms with E-state index < -0.39 is 0 Å². The van der Waals surface area contributed by atoms with Gasteiger partial charge in [-0.15, -0.1) is 5.10 Å². The van der Waals surface area contributed by atoms with Crippen LogP contribution < -0.4 is 11.1 Å². The van der Waals surface area contributed by atoms with E-state index in [9.17, 15) is 4.79 Å². The van der Waals surface area contributed by atoms with Gasteiger partial charge in [-0.1, -0.05) is 5.21 Å². The van der Waals surface area contributed by atoms with Crippen molar-refractivity contribution in [1.29, 1.82) is 0 Å². The van der Waals surface area contributed by atoms with Crippen LogP contribution in [-0.2, 0) is 0 Å². The first-order chi connectivity index (χ1) is 11.0. The van der Waals surface area contributed by atoms with E-state index >= 15 is 0 Å². The average Bonchev–Trinajstić information content (AvgIpc) is 3.17. The van der Waals surface area contributed by atoms with Gasteiger partial charge in [-0.3, -0.25) is 9.89 Å². The number of aromatic amines is 1. The Morgan fingerprint density at radius 2 is 2.17 bits per heavy atom. The third-order valence-electron chi connectivity index (χ3n) is 4.21. The fourth-order valence-electron chi connectivity index (χ4n) is 2.81. The van der Waals surface area contributed by atoms with Crippen LogP contribution in [0.1, 0.15) is 66.8 Å². The molecule has 0 aromatic carbocycles. The van der Waals surface area contributed by atoms with Crippen LogP contribution in [0.4, 0.5) is 0 Å². The molecule has 0 aliphatic heterocycles. The Balaban J connectivity index is 1.62. The van der Waals surface area contributed by atoms with E-state index in [1.54, 1.807) is 10.9 Å². The number of nitrogens with one attached hydrogen (secondary N) is 2. The summed E-state index contributed by atoms with van der Waals surface area (Å²) in [4.78, 5) is 16.5. The van der Waals surface area contributed by atoms with Gasteiger partial charge < -0.3 is 11.1 Å². The summed E-state index contributed by atoms with van der Waals surface area (Å²) in [6.07, 6.45) is 5.60. The summed E-state index contributed by atoms with van der Waals surface area (Å²) in [6, 6.07) is 0.255.